The summed E-state index contributed by atoms with van der Waals surface area (Å²) in [4.78, 5) is 0. The molecule has 1 aromatic carbocycles. The van der Waals surface area contributed by atoms with Crippen LogP contribution in [0.15, 0.2) is 28.7 Å². The third kappa shape index (κ3) is 2.28. The van der Waals surface area contributed by atoms with Gasteiger partial charge in [-0.1, -0.05) is 37.6 Å². The standard InChI is InChI=1S/C16H20ClNO/c1-11(2)10-16(7-4-8-18-16)14-9-12-5-3-6-13(17)15(12)19-14/h3,5-6,9,11,18H,4,7-8,10H2,1-2H3. The van der Waals surface area contributed by atoms with E-state index in [1.165, 1.54) is 6.42 Å². The van der Waals surface area contributed by atoms with E-state index in [1.54, 1.807) is 0 Å². The largest absolute Gasteiger partial charge is 0.458 e. The van der Waals surface area contributed by atoms with E-state index >= 15 is 0 Å². The monoisotopic (exact) mass is 277 g/mol. The minimum absolute atomic E-state index is 0.00346. The lowest BCUT2D eigenvalue weighted by molar-refractivity contribution is 0.261. The van der Waals surface area contributed by atoms with Crippen LogP contribution in [0.2, 0.25) is 5.02 Å². The topological polar surface area (TPSA) is 25.2 Å². The fourth-order valence-corrected chi connectivity index (χ4v) is 3.47. The maximum atomic E-state index is 6.21. The molecular weight excluding hydrogens is 258 g/mol. The number of halogens is 1. The zero-order chi connectivity index (χ0) is 13.5. The lowest BCUT2D eigenvalue weighted by Crippen LogP contribution is -2.37. The van der Waals surface area contributed by atoms with Crippen LogP contribution in [0.3, 0.4) is 0 Å². The van der Waals surface area contributed by atoms with Crippen molar-refractivity contribution in [3.8, 4) is 0 Å². The highest BCUT2D eigenvalue weighted by molar-refractivity contribution is 6.34. The molecule has 0 saturated carbocycles. The predicted octanol–water partition coefficient (Wildman–Crippen LogP) is 4.71. The Hall–Kier alpha value is -0.990. The highest BCUT2D eigenvalue weighted by atomic mass is 35.5. The molecule has 1 aliphatic rings. The van der Waals surface area contributed by atoms with E-state index in [4.69, 9.17) is 16.0 Å². The Balaban J connectivity index is 2.08. The minimum atomic E-state index is -0.00346. The smallest absolute Gasteiger partial charge is 0.152 e. The number of fused-ring (bicyclic) bond motifs is 1. The van der Waals surface area contributed by atoms with Crippen molar-refractivity contribution < 1.29 is 4.42 Å². The Kier molecular flexibility index (Phi) is 3.32. The Bertz CT molecular complexity index is 581. The van der Waals surface area contributed by atoms with Crippen LogP contribution in [-0.4, -0.2) is 6.54 Å². The average Bonchev–Trinajstić information content (AvgIpc) is 2.95. The molecule has 1 aromatic heterocycles. The molecule has 3 rings (SSSR count). The molecule has 2 aromatic rings. The van der Waals surface area contributed by atoms with E-state index in [2.05, 4.69) is 31.3 Å². The van der Waals surface area contributed by atoms with Crippen molar-refractivity contribution in [1.82, 2.24) is 5.32 Å². The van der Waals surface area contributed by atoms with Crippen LogP contribution in [0.5, 0.6) is 0 Å². The van der Waals surface area contributed by atoms with Crippen LogP contribution in [-0.2, 0) is 5.54 Å². The van der Waals surface area contributed by atoms with Crippen LogP contribution < -0.4 is 5.32 Å². The number of hydrogen-bond acceptors (Lipinski definition) is 2. The summed E-state index contributed by atoms with van der Waals surface area (Å²) in [6.07, 6.45) is 3.45. The van der Waals surface area contributed by atoms with E-state index in [1.807, 2.05) is 12.1 Å². The van der Waals surface area contributed by atoms with Crippen LogP contribution in [0, 0.1) is 5.92 Å². The molecule has 0 amide bonds. The number of hydrogen-bond donors (Lipinski definition) is 1. The summed E-state index contributed by atoms with van der Waals surface area (Å²) in [5.74, 6) is 1.68. The Morgan fingerprint density at radius 1 is 1.42 bits per heavy atom. The van der Waals surface area contributed by atoms with Gasteiger partial charge in [-0.3, -0.25) is 0 Å². The summed E-state index contributed by atoms with van der Waals surface area (Å²) in [5.41, 5.74) is 0.812. The first-order valence-electron chi connectivity index (χ1n) is 7.04. The summed E-state index contributed by atoms with van der Waals surface area (Å²) >= 11 is 6.21. The van der Waals surface area contributed by atoms with Gasteiger partial charge in [0.05, 0.1) is 10.6 Å². The number of benzene rings is 1. The molecule has 1 fully saturated rings. The Morgan fingerprint density at radius 2 is 2.26 bits per heavy atom. The second-order valence-corrected chi connectivity index (χ2v) is 6.39. The van der Waals surface area contributed by atoms with Crippen molar-refractivity contribution in [3.05, 3.63) is 35.0 Å². The summed E-state index contributed by atoms with van der Waals surface area (Å²) in [6, 6.07) is 8.07. The van der Waals surface area contributed by atoms with Gasteiger partial charge < -0.3 is 9.73 Å². The van der Waals surface area contributed by atoms with Gasteiger partial charge in [0, 0.05) is 5.39 Å². The van der Waals surface area contributed by atoms with E-state index in [0.717, 1.165) is 36.1 Å². The molecule has 1 atom stereocenters. The zero-order valence-corrected chi connectivity index (χ0v) is 12.3. The molecule has 1 saturated heterocycles. The van der Waals surface area contributed by atoms with Crippen molar-refractivity contribution in [1.29, 1.82) is 0 Å². The van der Waals surface area contributed by atoms with Crippen LogP contribution >= 0.6 is 11.6 Å². The maximum absolute atomic E-state index is 6.21. The van der Waals surface area contributed by atoms with Gasteiger partial charge in [0.1, 0.15) is 5.76 Å². The molecule has 102 valence electrons. The third-order valence-electron chi connectivity index (χ3n) is 3.97. The Morgan fingerprint density at radius 3 is 2.89 bits per heavy atom. The lowest BCUT2D eigenvalue weighted by Gasteiger charge is -2.29. The number of furan rings is 1. The molecule has 1 unspecified atom stereocenters. The summed E-state index contributed by atoms with van der Waals surface area (Å²) in [6.45, 7) is 5.59. The number of rotatable bonds is 3. The minimum Gasteiger partial charge on any atom is -0.458 e. The van der Waals surface area contributed by atoms with Crippen molar-refractivity contribution in [2.45, 2.75) is 38.6 Å². The van der Waals surface area contributed by atoms with Crippen LogP contribution in [0.25, 0.3) is 11.0 Å². The summed E-state index contributed by atoms with van der Waals surface area (Å²) < 4.78 is 6.09. The quantitative estimate of drug-likeness (QED) is 0.879. The summed E-state index contributed by atoms with van der Waals surface area (Å²) in [5, 5.41) is 5.45. The molecule has 1 N–H and O–H groups in total. The molecule has 2 heterocycles. The fraction of sp³-hybridized carbons (Fsp3) is 0.500. The first kappa shape index (κ1) is 13.0. The summed E-state index contributed by atoms with van der Waals surface area (Å²) in [7, 11) is 0. The second-order valence-electron chi connectivity index (χ2n) is 5.98. The first-order chi connectivity index (χ1) is 9.11. The van der Waals surface area contributed by atoms with Crippen LogP contribution in [0.1, 0.15) is 38.9 Å². The highest BCUT2D eigenvalue weighted by Gasteiger charge is 2.38. The zero-order valence-electron chi connectivity index (χ0n) is 11.5. The van der Waals surface area contributed by atoms with E-state index in [9.17, 15) is 0 Å². The van der Waals surface area contributed by atoms with E-state index < -0.39 is 0 Å². The van der Waals surface area contributed by atoms with E-state index in [0.29, 0.717) is 10.9 Å². The lowest BCUT2D eigenvalue weighted by atomic mass is 9.85. The highest BCUT2D eigenvalue weighted by Crippen LogP contribution is 2.40. The number of nitrogens with one attached hydrogen (secondary N) is 1. The third-order valence-corrected chi connectivity index (χ3v) is 4.27. The first-order valence-corrected chi connectivity index (χ1v) is 7.42. The normalized spacial score (nSPS) is 23.6. The molecule has 0 spiro atoms. The van der Waals surface area contributed by atoms with Crippen molar-refractivity contribution in [3.63, 3.8) is 0 Å². The molecule has 0 aliphatic carbocycles. The second kappa shape index (κ2) is 4.84. The molecule has 0 bridgehead atoms. The van der Waals surface area contributed by atoms with Gasteiger partial charge in [0.2, 0.25) is 0 Å². The molecule has 2 nitrogen and oxygen atoms in total. The maximum Gasteiger partial charge on any atom is 0.152 e. The van der Waals surface area contributed by atoms with Gasteiger partial charge in [0.25, 0.3) is 0 Å². The van der Waals surface area contributed by atoms with Gasteiger partial charge >= 0.3 is 0 Å². The number of para-hydroxylation sites is 1. The van der Waals surface area contributed by atoms with Gasteiger partial charge in [0.15, 0.2) is 5.58 Å². The van der Waals surface area contributed by atoms with Crippen molar-refractivity contribution in [2.75, 3.05) is 6.54 Å². The molecule has 19 heavy (non-hydrogen) atoms. The average molecular weight is 278 g/mol. The Labute approximate surface area is 119 Å². The molecule has 0 radical (unpaired) electrons. The van der Waals surface area contributed by atoms with E-state index in [-0.39, 0.29) is 5.54 Å². The van der Waals surface area contributed by atoms with Crippen molar-refractivity contribution >= 4 is 22.6 Å². The van der Waals surface area contributed by atoms with Crippen LogP contribution in [0.4, 0.5) is 0 Å². The molecule has 3 heteroatoms. The molecule has 1 aliphatic heterocycles. The van der Waals surface area contributed by atoms with Crippen molar-refractivity contribution in [2.24, 2.45) is 5.92 Å². The fourth-order valence-electron chi connectivity index (χ4n) is 3.25. The predicted molar refractivity (Wildman–Crippen MR) is 79.6 cm³/mol. The van der Waals surface area contributed by atoms with Gasteiger partial charge in [-0.2, -0.15) is 0 Å². The molecular formula is C16H20ClNO. The van der Waals surface area contributed by atoms with Gasteiger partial charge in [-0.25, -0.2) is 0 Å². The van der Waals surface area contributed by atoms with Gasteiger partial charge in [-0.15, -0.1) is 0 Å². The van der Waals surface area contributed by atoms with Gasteiger partial charge in [-0.05, 0) is 43.9 Å². The SMILES string of the molecule is CC(C)CC1(c2cc3cccc(Cl)c3o2)CCCN1.